The van der Waals surface area contributed by atoms with Crippen LogP contribution in [-0.4, -0.2) is 50.0 Å². The van der Waals surface area contributed by atoms with Crippen LogP contribution in [0.2, 0.25) is 0 Å². The van der Waals surface area contributed by atoms with Gasteiger partial charge in [0.2, 0.25) is 0 Å². The van der Waals surface area contributed by atoms with Crippen LogP contribution < -0.4 is 10.0 Å². The standard InChI is InChI=1S/C26H30F4N3O3PS2/c1-14(26(28,29)30)33-39(36)20-9-8-18(16-6-4-5-7-17(16)20)21-19(10-15-11-25(27,37)12-15)32-23(38-21)22(34)31-13-24(2,3)35/h4-9,14-15,33,35H,10-13,37H2,1-3H3,(H,31,34). The third-order valence-corrected chi connectivity index (χ3v) is 9.34. The van der Waals surface area contributed by atoms with Crippen LogP contribution in [0.5, 0.6) is 0 Å². The van der Waals surface area contributed by atoms with Crippen LogP contribution in [0.15, 0.2) is 41.3 Å². The van der Waals surface area contributed by atoms with Gasteiger partial charge in [0.25, 0.3) is 5.91 Å². The summed E-state index contributed by atoms with van der Waals surface area (Å²) in [6, 6.07) is 8.13. The fourth-order valence-corrected chi connectivity index (χ4v) is 7.28. The fourth-order valence-electron chi connectivity index (χ4n) is 4.41. The van der Waals surface area contributed by atoms with Crippen LogP contribution in [0.4, 0.5) is 17.6 Å². The van der Waals surface area contributed by atoms with Crippen molar-refractivity contribution < 1.29 is 31.7 Å². The Kier molecular flexibility index (Phi) is 8.55. The number of thiazole rings is 1. The number of carbonyl (C=O) groups is 1. The zero-order valence-electron chi connectivity index (χ0n) is 21.6. The summed E-state index contributed by atoms with van der Waals surface area (Å²) in [5.41, 5.74) is 0.176. The molecule has 1 fully saturated rings. The molecule has 3 N–H and O–H groups in total. The van der Waals surface area contributed by atoms with Crippen molar-refractivity contribution >= 4 is 48.2 Å². The van der Waals surface area contributed by atoms with Gasteiger partial charge in [-0.2, -0.15) is 13.2 Å². The average Bonchev–Trinajstić information content (AvgIpc) is 3.23. The maximum absolute atomic E-state index is 14.2. The van der Waals surface area contributed by atoms with E-state index in [1.807, 2.05) is 0 Å². The van der Waals surface area contributed by atoms with Crippen molar-refractivity contribution in [2.24, 2.45) is 5.92 Å². The number of hydrogen-bond donors (Lipinski definition) is 3. The monoisotopic (exact) mass is 603 g/mol. The van der Waals surface area contributed by atoms with E-state index < -0.39 is 40.1 Å². The first-order chi connectivity index (χ1) is 18.0. The summed E-state index contributed by atoms with van der Waals surface area (Å²) in [7, 11) is 0.0803. The van der Waals surface area contributed by atoms with Crippen LogP contribution >= 0.6 is 20.6 Å². The number of carbonyl (C=O) groups excluding carboxylic acids is 1. The van der Waals surface area contributed by atoms with Crippen LogP contribution in [0.1, 0.15) is 49.1 Å². The Hall–Kier alpha value is -1.98. The molecule has 0 bridgehead atoms. The lowest BCUT2D eigenvalue weighted by Crippen LogP contribution is -2.40. The van der Waals surface area contributed by atoms with Gasteiger partial charge in [-0.3, -0.25) is 4.79 Å². The predicted octanol–water partition coefficient (Wildman–Crippen LogP) is 5.52. The molecule has 0 aliphatic heterocycles. The molecule has 0 radical (unpaired) electrons. The highest BCUT2D eigenvalue weighted by molar-refractivity contribution is 7.83. The minimum atomic E-state index is -4.55. The van der Waals surface area contributed by atoms with Gasteiger partial charge in [0.05, 0.1) is 21.1 Å². The zero-order valence-corrected chi connectivity index (χ0v) is 24.4. The van der Waals surface area contributed by atoms with Crippen molar-refractivity contribution in [2.75, 3.05) is 6.54 Å². The van der Waals surface area contributed by atoms with Crippen LogP contribution in [0.3, 0.4) is 0 Å². The lowest BCUT2D eigenvalue weighted by Gasteiger charge is -2.38. The molecule has 1 amide bonds. The highest BCUT2D eigenvalue weighted by atomic mass is 32.2. The molecule has 212 valence electrons. The number of nitrogens with one attached hydrogen (secondary N) is 2. The molecular weight excluding hydrogens is 573 g/mol. The number of benzene rings is 2. The molecule has 1 aromatic heterocycles. The van der Waals surface area contributed by atoms with Crippen molar-refractivity contribution in [1.29, 1.82) is 0 Å². The molecule has 0 saturated heterocycles. The van der Waals surface area contributed by atoms with Gasteiger partial charge in [-0.05, 0) is 62.8 Å². The third-order valence-electron chi connectivity index (χ3n) is 6.41. The van der Waals surface area contributed by atoms with Gasteiger partial charge >= 0.3 is 6.18 Å². The van der Waals surface area contributed by atoms with Crippen LogP contribution in [-0.2, 0) is 17.4 Å². The number of halogens is 4. The summed E-state index contributed by atoms with van der Waals surface area (Å²) in [6.07, 6.45) is -3.43. The normalized spacial score (nSPS) is 21.4. The van der Waals surface area contributed by atoms with Gasteiger partial charge < -0.3 is 10.4 Å². The second-order valence-corrected chi connectivity index (χ2v) is 13.9. The fraction of sp³-hybridized carbons (Fsp3) is 0.462. The summed E-state index contributed by atoms with van der Waals surface area (Å²) < 4.78 is 68.4. The zero-order chi connectivity index (χ0) is 28.8. The number of rotatable bonds is 9. The number of aliphatic hydroxyl groups is 1. The van der Waals surface area contributed by atoms with Gasteiger partial charge in [-0.1, -0.05) is 39.6 Å². The smallest absolute Gasteiger partial charge is 0.389 e. The lowest BCUT2D eigenvalue weighted by atomic mass is 9.79. The van der Waals surface area contributed by atoms with Crippen molar-refractivity contribution in [3.05, 3.63) is 47.1 Å². The molecule has 4 rings (SSSR count). The largest absolute Gasteiger partial charge is 0.404 e. The van der Waals surface area contributed by atoms with E-state index in [2.05, 4.69) is 24.3 Å². The highest BCUT2D eigenvalue weighted by Gasteiger charge is 2.41. The first kappa shape index (κ1) is 30.0. The molecule has 1 saturated carbocycles. The minimum Gasteiger partial charge on any atom is -0.389 e. The summed E-state index contributed by atoms with van der Waals surface area (Å²) in [6.45, 7) is 4.06. The van der Waals surface area contributed by atoms with Crippen LogP contribution in [0, 0.1) is 5.92 Å². The van der Waals surface area contributed by atoms with E-state index >= 15 is 0 Å². The second-order valence-electron chi connectivity index (χ2n) is 10.6. The van der Waals surface area contributed by atoms with Crippen molar-refractivity contribution in [1.82, 2.24) is 15.0 Å². The number of amides is 1. The molecule has 1 aliphatic carbocycles. The predicted molar refractivity (Wildman–Crippen MR) is 149 cm³/mol. The summed E-state index contributed by atoms with van der Waals surface area (Å²) in [5.74, 6) is -0.423. The molecule has 2 aromatic carbocycles. The Morgan fingerprint density at radius 1 is 1.23 bits per heavy atom. The molecular formula is C26H30F4N3O3PS2. The number of alkyl halides is 4. The summed E-state index contributed by atoms with van der Waals surface area (Å²) in [4.78, 5) is 18.3. The van der Waals surface area contributed by atoms with E-state index in [0.717, 1.165) is 18.3 Å². The number of aromatic nitrogens is 1. The van der Waals surface area contributed by atoms with Gasteiger partial charge in [0.1, 0.15) is 22.4 Å². The Morgan fingerprint density at radius 2 is 1.87 bits per heavy atom. The third kappa shape index (κ3) is 7.21. The molecule has 1 aliphatic rings. The molecule has 13 heteroatoms. The molecule has 39 heavy (non-hydrogen) atoms. The Balaban J connectivity index is 1.74. The van der Waals surface area contributed by atoms with E-state index in [1.54, 1.807) is 44.2 Å². The minimum absolute atomic E-state index is 0.0168. The molecule has 3 atom stereocenters. The van der Waals surface area contributed by atoms with Crippen molar-refractivity contribution in [3.8, 4) is 10.4 Å². The molecule has 1 heterocycles. The molecule has 3 aromatic rings. The maximum atomic E-state index is 14.2. The van der Waals surface area contributed by atoms with E-state index in [-0.39, 0.29) is 22.4 Å². The van der Waals surface area contributed by atoms with Crippen molar-refractivity contribution in [3.63, 3.8) is 0 Å². The van der Waals surface area contributed by atoms with E-state index in [1.165, 1.54) is 6.07 Å². The summed E-state index contributed by atoms with van der Waals surface area (Å²) in [5, 5.41) is 12.7. The van der Waals surface area contributed by atoms with Gasteiger partial charge in [0, 0.05) is 12.1 Å². The molecule has 0 spiro atoms. The molecule has 6 nitrogen and oxygen atoms in total. The summed E-state index contributed by atoms with van der Waals surface area (Å²) >= 11 is 1.15. The van der Waals surface area contributed by atoms with E-state index in [0.29, 0.717) is 46.2 Å². The van der Waals surface area contributed by atoms with E-state index in [9.17, 15) is 31.7 Å². The van der Waals surface area contributed by atoms with Crippen LogP contribution in [0.25, 0.3) is 21.2 Å². The maximum Gasteiger partial charge on any atom is 0.404 e. The van der Waals surface area contributed by atoms with E-state index in [4.69, 9.17) is 0 Å². The lowest BCUT2D eigenvalue weighted by molar-refractivity contribution is -0.146. The Morgan fingerprint density at radius 3 is 2.46 bits per heavy atom. The number of nitrogens with zero attached hydrogens (tertiary/aromatic N) is 1. The first-order valence-electron chi connectivity index (χ1n) is 12.3. The Labute approximate surface area is 232 Å². The second kappa shape index (κ2) is 11.1. The van der Waals surface area contributed by atoms with Gasteiger partial charge in [-0.25, -0.2) is 18.3 Å². The number of hydrogen-bond acceptors (Lipinski definition) is 5. The highest BCUT2D eigenvalue weighted by Crippen LogP contribution is 2.48. The Bertz CT molecular complexity index is 1400. The quantitative estimate of drug-likeness (QED) is 0.222. The van der Waals surface area contributed by atoms with Gasteiger partial charge in [-0.15, -0.1) is 11.3 Å². The average molecular weight is 604 g/mol. The molecule has 3 unspecified atom stereocenters. The topological polar surface area (TPSA) is 91.3 Å². The SMILES string of the molecule is CC(NS(=O)c1ccc(-c2sc(C(=O)NCC(C)(C)O)nc2CC2CC(F)(P)C2)c2ccccc12)C(F)(F)F. The first-order valence-corrected chi connectivity index (χ1v) is 14.8. The van der Waals surface area contributed by atoms with Crippen molar-refractivity contribution in [2.45, 2.75) is 68.2 Å². The van der Waals surface area contributed by atoms with Gasteiger partial charge in [0.15, 0.2) is 5.01 Å². The number of fused-ring (bicyclic) bond motifs is 1.